The lowest BCUT2D eigenvalue weighted by Gasteiger charge is -2.36. The van der Waals surface area contributed by atoms with Crippen LogP contribution in [-0.2, 0) is 14.6 Å². The van der Waals surface area contributed by atoms with Crippen molar-refractivity contribution in [1.82, 2.24) is 4.90 Å². The largest absolute Gasteiger partial charge is 0.362 e. The summed E-state index contributed by atoms with van der Waals surface area (Å²) in [7, 11) is -3.52. The lowest BCUT2D eigenvalue weighted by molar-refractivity contribution is -0.384. The molecule has 8 nitrogen and oxygen atoms in total. The van der Waals surface area contributed by atoms with Gasteiger partial charge in [0.25, 0.3) is 5.69 Å². The number of rotatable bonds is 6. The Balaban J connectivity index is 2.11. The van der Waals surface area contributed by atoms with Gasteiger partial charge in [0.1, 0.15) is 5.69 Å². The molecule has 0 spiro atoms. The van der Waals surface area contributed by atoms with E-state index in [9.17, 15) is 23.3 Å². The molecule has 0 aromatic heterocycles. The van der Waals surface area contributed by atoms with E-state index in [4.69, 9.17) is 0 Å². The first-order valence-electron chi connectivity index (χ1n) is 8.61. The molecule has 2 rings (SSSR count). The molecule has 0 bridgehead atoms. The molecule has 1 saturated heterocycles. The summed E-state index contributed by atoms with van der Waals surface area (Å²) in [6.07, 6.45) is 2.38. The molecule has 0 aliphatic carbocycles. The molecule has 26 heavy (non-hydrogen) atoms. The first-order chi connectivity index (χ1) is 12.1. The van der Waals surface area contributed by atoms with E-state index >= 15 is 0 Å². The molecule has 1 fully saturated rings. The van der Waals surface area contributed by atoms with Crippen LogP contribution in [0.5, 0.6) is 0 Å². The van der Waals surface area contributed by atoms with Crippen LogP contribution in [0.2, 0.25) is 0 Å². The monoisotopic (exact) mass is 383 g/mol. The number of benzene rings is 1. The van der Waals surface area contributed by atoms with Gasteiger partial charge < -0.3 is 9.80 Å². The van der Waals surface area contributed by atoms with E-state index in [1.165, 1.54) is 12.1 Å². The Labute approximate surface area is 153 Å². The molecule has 9 heteroatoms. The highest BCUT2D eigenvalue weighted by Crippen LogP contribution is 2.31. The van der Waals surface area contributed by atoms with Crippen LogP contribution in [0.25, 0.3) is 0 Å². The summed E-state index contributed by atoms with van der Waals surface area (Å²) < 4.78 is 23.3. The van der Waals surface area contributed by atoms with Crippen molar-refractivity contribution in [2.45, 2.75) is 31.6 Å². The third-order valence-corrected chi connectivity index (χ3v) is 5.59. The van der Waals surface area contributed by atoms with Crippen molar-refractivity contribution in [3.05, 3.63) is 28.3 Å². The zero-order chi connectivity index (χ0) is 19.5. The molecule has 0 unspecified atom stereocenters. The van der Waals surface area contributed by atoms with Crippen molar-refractivity contribution in [2.75, 3.05) is 37.3 Å². The Morgan fingerprint density at radius 3 is 2.35 bits per heavy atom. The zero-order valence-electron chi connectivity index (χ0n) is 15.3. The van der Waals surface area contributed by atoms with Gasteiger partial charge in [-0.3, -0.25) is 14.9 Å². The van der Waals surface area contributed by atoms with E-state index in [0.717, 1.165) is 18.7 Å². The molecule has 0 radical (unpaired) electrons. The third-order valence-electron chi connectivity index (χ3n) is 4.48. The Morgan fingerprint density at radius 1 is 1.23 bits per heavy atom. The average Bonchev–Trinajstić information content (AvgIpc) is 2.58. The maximum Gasteiger partial charge on any atom is 0.293 e. The first kappa shape index (κ1) is 20.2. The minimum absolute atomic E-state index is 0.0737. The minimum atomic E-state index is -3.52. The van der Waals surface area contributed by atoms with Crippen molar-refractivity contribution in [2.24, 2.45) is 5.92 Å². The predicted octanol–water partition coefficient (Wildman–Crippen LogP) is 2.08. The van der Waals surface area contributed by atoms with Gasteiger partial charge in [0, 0.05) is 44.9 Å². The maximum absolute atomic E-state index is 12.2. The number of carbonyl (C=O) groups excluding carboxylic acids is 1. The van der Waals surface area contributed by atoms with Crippen molar-refractivity contribution >= 4 is 27.1 Å². The lowest BCUT2D eigenvalue weighted by Crippen LogP contribution is -2.49. The fourth-order valence-electron chi connectivity index (χ4n) is 2.91. The number of sulfone groups is 1. The fourth-order valence-corrected chi connectivity index (χ4v) is 3.56. The van der Waals surface area contributed by atoms with Crippen LogP contribution in [0, 0.1) is 16.0 Å². The smallest absolute Gasteiger partial charge is 0.293 e. The molecular formula is C17H25N3O5S. The van der Waals surface area contributed by atoms with Crippen molar-refractivity contribution < 1.29 is 18.1 Å². The van der Waals surface area contributed by atoms with Gasteiger partial charge in [-0.2, -0.15) is 0 Å². The van der Waals surface area contributed by atoms with E-state index in [0.29, 0.717) is 44.2 Å². The Bertz CT molecular complexity index is 784. The van der Waals surface area contributed by atoms with Crippen LogP contribution in [0.15, 0.2) is 23.1 Å². The van der Waals surface area contributed by atoms with Crippen LogP contribution >= 0.6 is 0 Å². The summed E-state index contributed by atoms with van der Waals surface area (Å²) in [5.41, 5.74) is 0.157. The number of nitro groups is 1. The van der Waals surface area contributed by atoms with Crippen LogP contribution in [0.3, 0.4) is 0 Å². The summed E-state index contributed by atoms with van der Waals surface area (Å²) in [5.74, 6) is 0.580. The van der Waals surface area contributed by atoms with Gasteiger partial charge in [-0.15, -0.1) is 0 Å². The van der Waals surface area contributed by atoms with Gasteiger partial charge in [0.15, 0.2) is 9.84 Å². The summed E-state index contributed by atoms with van der Waals surface area (Å²) in [4.78, 5) is 26.6. The van der Waals surface area contributed by atoms with Gasteiger partial charge in [-0.1, -0.05) is 13.8 Å². The topological polar surface area (TPSA) is 101 Å². The Hall–Kier alpha value is -2.16. The molecule has 144 valence electrons. The molecule has 1 heterocycles. The number of nitro benzene ring substituents is 1. The van der Waals surface area contributed by atoms with Crippen molar-refractivity contribution in [1.29, 1.82) is 0 Å². The summed E-state index contributed by atoms with van der Waals surface area (Å²) in [6.45, 7) is 6.11. The number of hydrogen-bond acceptors (Lipinski definition) is 6. The van der Waals surface area contributed by atoms with Crippen LogP contribution in [-0.4, -0.2) is 56.6 Å². The molecule has 0 saturated carbocycles. The Kier molecular flexibility index (Phi) is 6.22. The number of hydrogen-bond donors (Lipinski definition) is 0. The molecule has 1 aliphatic rings. The van der Waals surface area contributed by atoms with E-state index < -0.39 is 14.8 Å². The first-order valence-corrected chi connectivity index (χ1v) is 10.5. The molecule has 1 aromatic rings. The third kappa shape index (κ3) is 4.94. The van der Waals surface area contributed by atoms with Crippen LogP contribution in [0.1, 0.15) is 26.7 Å². The van der Waals surface area contributed by atoms with E-state index in [1.807, 2.05) is 4.90 Å². The summed E-state index contributed by atoms with van der Waals surface area (Å²) in [6, 6.07) is 3.97. The van der Waals surface area contributed by atoms with Gasteiger partial charge >= 0.3 is 0 Å². The zero-order valence-corrected chi connectivity index (χ0v) is 16.2. The number of anilines is 1. The second-order valence-corrected chi connectivity index (χ2v) is 9.00. The predicted molar refractivity (Wildman–Crippen MR) is 99.1 cm³/mol. The van der Waals surface area contributed by atoms with Crippen molar-refractivity contribution in [3.63, 3.8) is 0 Å². The normalized spacial score (nSPS) is 15.4. The fraction of sp³-hybridized carbons (Fsp3) is 0.588. The minimum Gasteiger partial charge on any atom is -0.362 e. The highest BCUT2D eigenvalue weighted by Gasteiger charge is 2.27. The van der Waals surface area contributed by atoms with Crippen LogP contribution < -0.4 is 4.90 Å². The van der Waals surface area contributed by atoms with Crippen molar-refractivity contribution in [3.8, 4) is 0 Å². The number of amides is 1. The quantitative estimate of drug-likeness (QED) is 0.551. The average molecular weight is 383 g/mol. The van der Waals surface area contributed by atoms with Gasteiger partial charge in [0.05, 0.1) is 9.82 Å². The summed E-state index contributed by atoms with van der Waals surface area (Å²) >= 11 is 0. The van der Waals surface area contributed by atoms with E-state index in [1.54, 1.807) is 4.90 Å². The van der Waals surface area contributed by atoms with Gasteiger partial charge in [-0.25, -0.2) is 8.42 Å². The summed E-state index contributed by atoms with van der Waals surface area (Å²) in [5, 5.41) is 11.4. The van der Waals surface area contributed by atoms with Gasteiger partial charge in [-0.05, 0) is 24.5 Å². The maximum atomic E-state index is 12.2. The van der Waals surface area contributed by atoms with E-state index in [2.05, 4.69) is 13.8 Å². The molecule has 1 aromatic carbocycles. The molecule has 1 amide bonds. The molecule has 0 N–H and O–H groups in total. The molecule has 0 atom stereocenters. The van der Waals surface area contributed by atoms with Gasteiger partial charge in [0.2, 0.25) is 5.91 Å². The lowest BCUT2D eigenvalue weighted by atomic mass is 10.1. The number of carbonyl (C=O) groups is 1. The van der Waals surface area contributed by atoms with E-state index in [-0.39, 0.29) is 16.5 Å². The molecule has 1 aliphatic heterocycles. The second kappa shape index (κ2) is 8.03. The highest BCUT2D eigenvalue weighted by molar-refractivity contribution is 7.90. The van der Waals surface area contributed by atoms with Crippen LogP contribution in [0.4, 0.5) is 11.4 Å². The Morgan fingerprint density at radius 2 is 1.85 bits per heavy atom. The highest BCUT2D eigenvalue weighted by atomic mass is 32.2. The standard InChI is InChI=1S/C17H25N3O5S/c1-13(2)4-7-17(21)19-10-8-18(9-11-19)15-6-5-14(26(3,24)25)12-16(15)20(22)23/h5-6,12-13H,4,7-11H2,1-3H3. The second-order valence-electron chi connectivity index (χ2n) is 6.98. The number of piperazine rings is 1. The molecular weight excluding hydrogens is 358 g/mol. The number of nitrogens with zero attached hydrogens (tertiary/aromatic N) is 3. The SMILES string of the molecule is CC(C)CCC(=O)N1CCN(c2ccc(S(C)(=O)=O)cc2[N+](=O)[O-])CC1.